The van der Waals surface area contributed by atoms with Gasteiger partial charge in [-0.25, -0.2) is 0 Å². The maximum Gasteiger partial charge on any atom is 0.315 e. The number of carbonyl (C=O) groups is 1. The van der Waals surface area contributed by atoms with Gasteiger partial charge in [-0.2, -0.15) is 0 Å². The lowest BCUT2D eigenvalue weighted by molar-refractivity contribution is -0.233. The van der Waals surface area contributed by atoms with Gasteiger partial charge < -0.3 is 14.9 Å². The average molecular weight is 487 g/mol. The number of aliphatic hydroxyl groups excluding tert-OH is 2. The van der Waals surface area contributed by atoms with Gasteiger partial charge in [0.05, 0.1) is 24.7 Å². The van der Waals surface area contributed by atoms with Crippen molar-refractivity contribution in [3.05, 3.63) is 11.1 Å². The predicted molar refractivity (Wildman–Crippen MR) is 139 cm³/mol. The van der Waals surface area contributed by atoms with Gasteiger partial charge in [0.15, 0.2) is 0 Å². The Morgan fingerprint density at radius 2 is 1.51 bits per heavy atom. The Kier molecular flexibility index (Phi) is 5.59. The van der Waals surface area contributed by atoms with Crippen LogP contribution < -0.4 is 0 Å². The van der Waals surface area contributed by atoms with E-state index in [1.165, 1.54) is 5.57 Å². The second-order valence-corrected chi connectivity index (χ2v) is 15.3. The third kappa shape index (κ3) is 3.14. The van der Waals surface area contributed by atoms with Crippen molar-refractivity contribution in [2.45, 2.75) is 125 Å². The summed E-state index contributed by atoms with van der Waals surface area (Å²) in [6.07, 6.45) is 8.78. The number of fused-ring (bicyclic) bond motifs is 6. The molecule has 0 unspecified atom stereocenters. The molecule has 2 N–H and O–H groups in total. The first-order valence-corrected chi connectivity index (χ1v) is 14.3. The first-order chi connectivity index (χ1) is 16.1. The van der Waals surface area contributed by atoms with Crippen LogP contribution in [0.4, 0.5) is 0 Å². The van der Waals surface area contributed by atoms with Crippen LogP contribution in [-0.4, -0.2) is 35.5 Å². The summed E-state index contributed by atoms with van der Waals surface area (Å²) in [4.78, 5) is 13.3. The third-order valence-electron chi connectivity index (χ3n) is 13.1. The van der Waals surface area contributed by atoms with Crippen LogP contribution in [0.1, 0.15) is 113 Å². The average Bonchev–Trinajstić information content (AvgIpc) is 2.77. The number of methoxy groups -OCH3 is 1. The minimum Gasteiger partial charge on any atom is -0.468 e. The Labute approximate surface area is 213 Å². The number of hydrogen-bond donors (Lipinski definition) is 2. The molecule has 0 aromatic heterocycles. The number of carbonyl (C=O) groups excluding carboxylic acids is 1. The summed E-state index contributed by atoms with van der Waals surface area (Å²) in [7, 11) is 1.57. The van der Waals surface area contributed by atoms with Crippen LogP contribution >= 0.6 is 0 Å². The summed E-state index contributed by atoms with van der Waals surface area (Å²) in [6.45, 7) is 16.6. The van der Waals surface area contributed by atoms with E-state index in [0.717, 1.165) is 57.8 Å². The van der Waals surface area contributed by atoms with Crippen molar-refractivity contribution in [3.63, 3.8) is 0 Å². The van der Waals surface area contributed by atoms with E-state index in [0.29, 0.717) is 18.3 Å². The van der Waals surface area contributed by atoms with E-state index in [2.05, 4.69) is 48.5 Å². The highest BCUT2D eigenvalue weighted by atomic mass is 16.5. The Hall–Kier alpha value is -0.870. The van der Waals surface area contributed by atoms with E-state index in [9.17, 15) is 15.0 Å². The number of rotatable bonds is 1. The third-order valence-corrected chi connectivity index (χ3v) is 13.1. The van der Waals surface area contributed by atoms with Gasteiger partial charge in [0.2, 0.25) is 0 Å². The minimum atomic E-state index is -0.654. The van der Waals surface area contributed by atoms with Crippen molar-refractivity contribution in [1.82, 2.24) is 0 Å². The van der Waals surface area contributed by atoms with Crippen molar-refractivity contribution in [2.24, 2.45) is 44.3 Å². The van der Waals surface area contributed by atoms with Crippen LogP contribution in [0.15, 0.2) is 11.1 Å². The molecule has 0 amide bonds. The van der Waals surface area contributed by atoms with Crippen LogP contribution in [-0.2, 0) is 9.53 Å². The topological polar surface area (TPSA) is 66.8 Å². The van der Waals surface area contributed by atoms with Crippen LogP contribution in [0, 0.1) is 44.3 Å². The van der Waals surface area contributed by atoms with Gasteiger partial charge in [-0.1, -0.05) is 59.6 Å². The van der Waals surface area contributed by atoms with Crippen molar-refractivity contribution < 1.29 is 19.7 Å². The fraction of sp³-hybridized carbons (Fsp3) is 0.903. The minimum absolute atomic E-state index is 0.00774. The monoisotopic (exact) mass is 486 g/mol. The molecule has 4 nitrogen and oxygen atoms in total. The molecule has 0 aromatic rings. The molecule has 0 aliphatic heterocycles. The number of hydrogen-bond acceptors (Lipinski definition) is 4. The second-order valence-electron chi connectivity index (χ2n) is 15.3. The lowest BCUT2D eigenvalue weighted by Crippen LogP contribution is -2.66. The normalized spacial score (nSPS) is 50.3. The molecule has 0 radical (unpaired) electrons. The van der Waals surface area contributed by atoms with Crippen LogP contribution in [0.5, 0.6) is 0 Å². The van der Waals surface area contributed by atoms with Crippen molar-refractivity contribution in [3.8, 4) is 0 Å². The highest BCUT2D eigenvalue weighted by Crippen LogP contribution is 2.75. The molecule has 5 aliphatic carbocycles. The number of esters is 1. The largest absolute Gasteiger partial charge is 0.468 e. The zero-order valence-corrected chi connectivity index (χ0v) is 23.6. The van der Waals surface area contributed by atoms with Crippen molar-refractivity contribution in [1.29, 1.82) is 0 Å². The predicted octanol–water partition coefficient (Wildman–Crippen LogP) is 6.44. The molecular formula is C31H50O4. The maximum atomic E-state index is 13.3. The molecule has 198 valence electrons. The number of ether oxygens (including phenoxy) is 1. The molecular weight excluding hydrogens is 436 g/mol. The van der Waals surface area contributed by atoms with E-state index in [4.69, 9.17) is 4.74 Å². The molecule has 5 aliphatic rings. The first-order valence-electron chi connectivity index (χ1n) is 14.3. The Morgan fingerprint density at radius 3 is 2.17 bits per heavy atom. The molecule has 5 rings (SSSR count). The number of aliphatic hydroxyl groups is 2. The van der Waals surface area contributed by atoms with E-state index >= 15 is 0 Å². The quantitative estimate of drug-likeness (QED) is 0.331. The van der Waals surface area contributed by atoms with Gasteiger partial charge in [0, 0.05) is 0 Å². The Bertz CT molecular complexity index is 948. The summed E-state index contributed by atoms with van der Waals surface area (Å²) in [5.74, 6) is 0.911. The highest BCUT2D eigenvalue weighted by Gasteiger charge is 2.69. The maximum absolute atomic E-state index is 13.3. The molecule has 0 aromatic carbocycles. The molecule has 4 saturated carbocycles. The van der Waals surface area contributed by atoms with Gasteiger partial charge in [-0.15, -0.1) is 0 Å². The van der Waals surface area contributed by atoms with Crippen LogP contribution in [0.2, 0.25) is 0 Å². The Balaban J connectivity index is 1.63. The van der Waals surface area contributed by atoms with Crippen molar-refractivity contribution in [2.75, 3.05) is 7.11 Å². The van der Waals surface area contributed by atoms with E-state index < -0.39 is 17.6 Å². The molecule has 0 heterocycles. The van der Waals surface area contributed by atoms with Crippen molar-refractivity contribution >= 4 is 5.97 Å². The zero-order chi connectivity index (χ0) is 25.8. The summed E-state index contributed by atoms with van der Waals surface area (Å²) in [6, 6.07) is 0. The summed E-state index contributed by atoms with van der Waals surface area (Å²) < 4.78 is 5.47. The lowest BCUT2D eigenvalue weighted by atomic mass is 9.34. The first kappa shape index (κ1) is 25.8. The Morgan fingerprint density at radius 1 is 0.857 bits per heavy atom. The van der Waals surface area contributed by atoms with Gasteiger partial charge >= 0.3 is 5.97 Å². The molecule has 8 atom stereocenters. The van der Waals surface area contributed by atoms with E-state index in [-0.39, 0.29) is 33.0 Å². The van der Waals surface area contributed by atoms with E-state index in [1.807, 2.05) is 0 Å². The number of allylic oxidation sites excluding steroid dienone is 1. The fourth-order valence-electron chi connectivity index (χ4n) is 10.9. The van der Waals surface area contributed by atoms with E-state index in [1.54, 1.807) is 12.7 Å². The second kappa shape index (κ2) is 7.59. The van der Waals surface area contributed by atoms with Crippen LogP contribution in [0.3, 0.4) is 0 Å². The highest BCUT2D eigenvalue weighted by molar-refractivity contribution is 5.82. The summed E-state index contributed by atoms with van der Waals surface area (Å²) in [5.41, 5.74) is 2.73. The molecule has 35 heavy (non-hydrogen) atoms. The van der Waals surface area contributed by atoms with Crippen LogP contribution in [0.25, 0.3) is 0 Å². The molecule has 4 heteroatoms. The zero-order valence-electron chi connectivity index (χ0n) is 23.6. The standard InChI is InChI=1S/C31H50O4/c1-26(2)13-15-31(25(34)35-8)16-14-29(6)19(20(31)17-26)9-10-23-28(5)18-21(32)24(33)27(3,4)22(28)11-12-30(23,29)7/h21-24,32-33H,9-18H2,1-8H3/t21-,22+,23-,24+,28+,29-,30-,31+/m1/s1. The fourth-order valence-corrected chi connectivity index (χ4v) is 10.9. The molecule has 0 bridgehead atoms. The van der Waals surface area contributed by atoms with Gasteiger partial charge in [0.25, 0.3) is 0 Å². The molecule has 0 saturated heterocycles. The van der Waals surface area contributed by atoms with Gasteiger partial charge in [-0.05, 0) is 103 Å². The van der Waals surface area contributed by atoms with Gasteiger partial charge in [-0.3, -0.25) is 4.79 Å². The SMILES string of the molecule is COC(=O)[C@]12CCC(C)(C)CC1=C1CC[C@@H]3[C@@]4(C)C[C@@H](O)[C@H](O)C(C)(C)[C@@H]4CC[C@@]3(C)[C@]1(C)CC2. The molecule has 4 fully saturated rings. The lowest BCUT2D eigenvalue weighted by Gasteiger charge is -2.71. The van der Waals surface area contributed by atoms with Gasteiger partial charge in [0.1, 0.15) is 0 Å². The smallest absolute Gasteiger partial charge is 0.315 e. The molecule has 0 spiro atoms. The summed E-state index contributed by atoms with van der Waals surface area (Å²) in [5, 5.41) is 21.9. The summed E-state index contributed by atoms with van der Waals surface area (Å²) >= 11 is 0.